The number of amides is 2. The molecule has 2 aromatic rings. The van der Waals surface area contributed by atoms with Gasteiger partial charge in [0.25, 0.3) is 5.91 Å². The number of rotatable bonds is 3. The van der Waals surface area contributed by atoms with E-state index in [1.165, 1.54) is 25.3 Å². The van der Waals surface area contributed by atoms with Crippen LogP contribution in [0.3, 0.4) is 0 Å². The number of piperazine rings is 1. The molecule has 0 atom stereocenters. The molecule has 1 N–H and O–H groups in total. The third kappa shape index (κ3) is 4.11. The van der Waals surface area contributed by atoms with Crippen molar-refractivity contribution in [2.24, 2.45) is 0 Å². The smallest absolute Gasteiger partial charge is 0.272 e. The van der Waals surface area contributed by atoms with Crippen molar-refractivity contribution in [3.63, 3.8) is 0 Å². The Labute approximate surface area is 155 Å². The molecule has 136 valence electrons. The highest BCUT2D eigenvalue weighted by atomic mass is 35.5. The number of benzene rings is 1. The second-order valence-electron chi connectivity index (χ2n) is 5.98. The van der Waals surface area contributed by atoms with Crippen molar-refractivity contribution >= 4 is 34.8 Å². The fourth-order valence-electron chi connectivity index (χ4n) is 2.72. The Balaban J connectivity index is 1.63. The van der Waals surface area contributed by atoms with Crippen LogP contribution in [0.25, 0.3) is 0 Å². The normalized spacial score (nSPS) is 14.3. The van der Waals surface area contributed by atoms with E-state index in [4.69, 9.17) is 11.6 Å². The van der Waals surface area contributed by atoms with Crippen LogP contribution in [0, 0.1) is 5.82 Å². The van der Waals surface area contributed by atoms with E-state index in [1.54, 1.807) is 28.0 Å². The zero-order valence-corrected chi connectivity index (χ0v) is 15.0. The maximum absolute atomic E-state index is 13.2. The molecule has 0 unspecified atom stereocenters. The topological polar surface area (TPSA) is 65.5 Å². The molecule has 8 heteroatoms. The quantitative estimate of drug-likeness (QED) is 0.894. The largest absolute Gasteiger partial charge is 0.354 e. The van der Waals surface area contributed by atoms with Crippen LogP contribution in [-0.4, -0.2) is 52.8 Å². The summed E-state index contributed by atoms with van der Waals surface area (Å²) in [5, 5.41) is 3.08. The number of halogens is 2. The third-order valence-electron chi connectivity index (χ3n) is 4.20. The second kappa shape index (κ2) is 7.70. The van der Waals surface area contributed by atoms with Gasteiger partial charge in [0.2, 0.25) is 5.91 Å². The molecule has 0 saturated carbocycles. The average molecular weight is 377 g/mol. The molecule has 6 nitrogen and oxygen atoms in total. The molecule has 0 spiro atoms. The zero-order chi connectivity index (χ0) is 18.7. The zero-order valence-electron chi connectivity index (χ0n) is 14.2. The fraction of sp³-hybridized carbons (Fsp3) is 0.278. The minimum atomic E-state index is -0.485. The van der Waals surface area contributed by atoms with Gasteiger partial charge in [-0.1, -0.05) is 11.6 Å². The van der Waals surface area contributed by atoms with Gasteiger partial charge in [0.1, 0.15) is 11.5 Å². The number of nitrogens with zero attached hydrogens (tertiary/aromatic N) is 3. The summed E-state index contributed by atoms with van der Waals surface area (Å²) in [6.45, 7) is 3.58. The van der Waals surface area contributed by atoms with E-state index in [2.05, 4.69) is 10.3 Å². The van der Waals surface area contributed by atoms with Gasteiger partial charge < -0.3 is 15.1 Å². The summed E-state index contributed by atoms with van der Waals surface area (Å²) in [7, 11) is 0. The van der Waals surface area contributed by atoms with E-state index in [0.717, 1.165) is 0 Å². The van der Waals surface area contributed by atoms with E-state index < -0.39 is 5.82 Å². The standard InChI is InChI=1S/C18H18ClFN4O2/c1-12(25)23-6-8-24(9-7-23)18(26)17-5-3-14(11-21-17)22-13-2-4-16(20)15(19)10-13/h2-5,10-11,22H,6-9H2,1H3. The van der Waals surface area contributed by atoms with Crippen LogP contribution in [0.15, 0.2) is 36.5 Å². The van der Waals surface area contributed by atoms with Gasteiger partial charge in [0, 0.05) is 38.8 Å². The Bertz CT molecular complexity index is 820. The molecular weight excluding hydrogens is 359 g/mol. The number of aromatic nitrogens is 1. The van der Waals surface area contributed by atoms with Crippen LogP contribution in [-0.2, 0) is 4.79 Å². The molecule has 0 bridgehead atoms. The van der Waals surface area contributed by atoms with E-state index in [-0.39, 0.29) is 16.8 Å². The molecule has 1 aliphatic rings. The highest BCUT2D eigenvalue weighted by molar-refractivity contribution is 6.31. The molecule has 26 heavy (non-hydrogen) atoms. The number of pyridine rings is 1. The number of hydrogen-bond acceptors (Lipinski definition) is 4. The molecule has 1 aliphatic heterocycles. The molecule has 1 fully saturated rings. The summed E-state index contributed by atoms with van der Waals surface area (Å²) in [5.41, 5.74) is 1.62. The second-order valence-corrected chi connectivity index (χ2v) is 6.39. The summed E-state index contributed by atoms with van der Waals surface area (Å²) >= 11 is 5.76. The van der Waals surface area contributed by atoms with Gasteiger partial charge in [-0.3, -0.25) is 9.59 Å². The van der Waals surface area contributed by atoms with Crippen molar-refractivity contribution in [2.45, 2.75) is 6.92 Å². The first kappa shape index (κ1) is 18.1. The fourth-order valence-corrected chi connectivity index (χ4v) is 2.90. The molecule has 2 amide bonds. The van der Waals surface area contributed by atoms with Gasteiger partial charge in [-0.15, -0.1) is 0 Å². The Morgan fingerprint density at radius 3 is 2.31 bits per heavy atom. The van der Waals surface area contributed by atoms with Gasteiger partial charge in [-0.2, -0.15) is 0 Å². The molecule has 1 saturated heterocycles. The molecule has 0 aliphatic carbocycles. The minimum absolute atomic E-state index is 0.0200. The monoisotopic (exact) mass is 376 g/mol. The van der Waals surface area contributed by atoms with Crippen LogP contribution in [0.5, 0.6) is 0 Å². The summed E-state index contributed by atoms with van der Waals surface area (Å²) in [4.78, 5) is 31.5. The first-order valence-electron chi connectivity index (χ1n) is 8.17. The van der Waals surface area contributed by atoms with Crippen LogP contribution in [0.2, 0.25) is 5.02 Å². The Hall–Kier alpha value is -2.67. The molecule has 0 radical (unpaired) electrons. The third-order valence-corrected chi connectivity index (χ3v) is 4.49. The van der Waals surface area contributed by atoms with Crippen molar-refractivity contribution in [1.82, 2.24) is 14.8 Å². The first-order chi connectivity index (χ1) is 12.4. The van der Waals surface area contributed by atoms with Crippen molar-refractivity contribution in [2.75, 3.05) is 31.5 Å². The summed E-state index contributed by atoms with van der Waals surface area (Å²) in [6.07, 6.45) is 1.54. The lowest BCUT2D eigenvalue weighted by atomic mass is 10.2. The summed E-state index contributed by atoms with van der Waals surface area (Å²) in [5.74, 6) is -0.628. The van der Waals surface area contributed by atoms with Crippen LogP contribution in [0.4, 0.5) is 15.8 Å². The van der Waals surface area contributed by atoms with Crippen LogP contribution in [0.1, 0.15) is 17.4 Å². The first-order valence-corrected chi connectivity index (χ1v) is 8.55. The number of anilines is 2. The lowest BCUT2D eigenvalue weighted by molar-refractivity contribution is -0.130. The number of hydrogen-bond donors (Lipinski definition) is 1. The Morgan fingerprint density at radius 1 is 1.08 bits per heavy atom. The SMILES string of the molecule is CC(=O)N1CCN(C(=O)c2ccc(Nc3ccc(F)c(Cl)c3)cn2)CC1. The van der Waals surface area contributed by atoms with Gasteiger partial charge in [-0.25, -0.2) is 9.37 Å². The Kier molecular flexibility index (Phi) is 5.37. The lowest BCUT2D eigenvalue weighted by Gasteiger charge is -2.34. The van der Waals surface area contributed by atoms with Gasteiger partial charge in [0.15, 0.2) is 0 Å². The molecule has 1 aromatic carbocycles. The van der Waals surface area contributed by atoms with Crippen molar-refractivity contribution in [1.29, 1.82) is 0 Å². The molecular formula is C18H18ClFN4O2. The number of carbonyl (C=O) groups is 2. The molecule has 2 heterocycles. The van der Waals surface area contributed by atoms with E-state index >= 15 is 0 Å². The predicted octanol–water partition coefficient (Wildman–Crippen LogP) is 2.92. The van der Waals surface area contributed by atoms with E-state index in [0.29, 0.717) is 43.2 Å². The van der Waals surface area contributed by atoms with E-state index in [1.807, 2.05) is 0 Å². The molecule has 3 rings (SSSR count). The highest BCUT2D eigenvalue weighted by Gasteiger charge is 2.23. The minimum Gasteiger partial charge on any atom is -0.354 e. The summed E-state index contributed by atoms with van der Waals surface area (Å²) in [6, 6.07) is 7.67. The van der Waals surface area contributed by atoms with Crippen LogP contribution < -0.4 is 5.32 Å². The van der Waals surface area contributed by atoms with E-state index in [9.17, 15) is 14.0 Å². The van der Waals surface area contributed by atoms with Crippen molar-refractivity contribution in [3.8, 4) is 0 Å². The van der Waals surface area contributed by atoms with Crippen molar-refractivity contribution < 1.29 is 14.0 Å². The van der Waals surface area contributed by atoms with Crippen LogP contribution >= 0.6 is 11.6 Å². The van der Waals surface area contributed by atoms with Crippen molar-refractivity contribution in [3.05, 3.63) is 53.1 Å². The van der Waals surface area contributed by atoms with Gasteiger partial charge >= 0.3 is 0 Å². The lowest BCUT2D eigenvalue weighted by Crippen LogP contribution is -2.50. The predicted molar refractivity (Wildman–Crippen MR) is 97.1 cm³/mol. The highest BCUT2D eigenvalue weighted by Crippen LogP contribution is 2.22. The summed E-state index contributed by atoms with van der Waals surface area (Å²) < 4.78 is 13.2. The molecule has 1 aromatic heterocycles. The van der Waals surface area contributed by atoms with Gasteiger partial charge in [0.05, 0.1) is 16.9 Å². The number of nitrogens with one attached hydrogen (secondary N) is 1. The van der Waals surface area contributed by atoms with Gasteiger partial charge in [-0.05, 0) is 30.3 Å². The average Bonchev–Trinajstić information content (AvgIpc) is 2.65. The number of carbonyl (C=O) groups excluding carboxylic acids is 2. The maximum Gasteiger partial charge on any atom is 0.272 e. The Morgan fingerprint density at radius 2 is 1.73 bits per heavy atom. The maximum atomic E-state index is 13.2.